The fraction of sp³-hybridized carbons (Fsp3) is 0.400. The van der Waals surface area contributed by atoms with E-state index < -0.39 is 24.2 Å². The van der Waals surface area contributed by atoms with Gasteiger partial charge in [0.05, 0.1) is 18.8 Å². The zero-order chi connectivity index (χ0) is 23.8. The largest absolute Gasteiger partial charge is 0.493 e. The van der Waals surface area contributed by atoms with Crippen LogP contribution in [0.1, 0.15) is 47.5 Å². The van der Waals surface area contributed by atoms with Crippen LogP contribution >= 0.6 is 0 Å². The summed E-state index contributed by atoms with van der Waals surface area (Å²) in [6, 6.07) is 10.4. The molecular formula is C25H28O8. The van der Waals surface area contributed by atoms with Crippen LogP contribution in [0.5, 0.6) is 11.5 Å². The standard InChI is InChI=1S/C25H28O8/c1-25(2)18-10-14(32-13-20(29)19(28)12-27)4-6-16(18)23(30)22-17-7-5-15(31-9-3-8-26)11-21(17)33-24(22)25/h4-7,10-11,19-20,26-29H,3,8-9,12-13H2,1-2H3/t19?,20-/m1/s1. The molecule has 0 fully saturated rings. The van der Waals surface area contributed by atoms with Crippen molar-refractivity contribution in [3.8, 4) is 11.5 Å². The average molecular weight is 456 g/mol. The van der Waals surface area contributed by atoms with E-state index in [2.05, 4.69) is 0 Å². The molecule has 0 radical (unpaired) electrons. The molecule has 2 atom stereocenters. The van der Waals surface area contributed by atoms with Crippen LogP contribution < -0.4 is 9.47 Å². The SMILES string of the molecule is CC1(C)c2cc(OC[C@@H](O)C(O)CO)ccc2C(=O)c2c1oc1cc(OCCCO)ccc21. The first kappa shape index (κ1) is 23.3. The van der Waals surface area contributed by atoms with E-state index >= 15 is 0 Å². The Morgan fingerprint density at radius 2 is 1.73 bits per heavy atom. The van der Waals surface area contributed by atoms with Crippen molar-refractivity contribution in [2.45, 2.75) is 37.9 Å². The number of aliphatic hydroxyl groups excluding tert-OH is 4. The smallest absolute Gasteiger partial charge is 0.197 e. The third-order valence-corrected chi connectivity index (χ3v) is 5.99. The van der Waals surface area contributed by atoms with Gasteiger partial charge in [0.1, 0.15) is 41.7 Å². The first-order chi connectivity index (χ1) is 15.8. The molecule has 8 heteroatoms. The highest BCUT2D eigenvalue weighted by molar-refractivity contribution is 6.19. The molecule has 4 N–H and O–H groups in total. The molecule has 4 rings (SSSR count). The Balaban J connectivity index is 1.67. The molecule has 1 heterocycles. The van der Waals surface area contributed by atoms with Crippen molar-refractivity contribution in [3.05, 3.63) is 58.8 Å². The van der Waals surface area contributed by atoms with E-state index in [1.807, 2.05) is 19.9 Å². The lowest BCUT2D eigenvalue weighted by Gasteiger charge is -2.31. The highest BCUT2D eigenvalue weighted by Gasteiger charge is 2.41. The lowest BCUT2D eigenvalue weighted by atomic mass is 9.71. The quantitative estimate of drug-likeness (QED) is 0.361. The normalized spacial score (nSPS) is 16.2. The van der Waals surface area contributed by atoms with Crippen LogP contribution in [0.25, 0.3) is 11.0 Å². The molecule has 3 aromatic rings. The zero-order valence-electron chi connectivity index (χ0n) is 18.6. The van der Waals surface area contributed by atoms with E-state index in [9.17, 15) is 15.0 Å². The fourth-order valence-electron chi connectivity index (χ4n) is 4.09. The van der Waals surface area contributed by atoms with Crippen LogP contribution in [0, 0.1) is 0 Å². The minimum Gasteiger partial charge on any atom is -0.493 e. The average Bonchev–Trinajstić information content (AvgIpc) is 3.21. The van der Waals surface area contributed by atoms with Crippen molar-refractivity contribution < 1.29 is 39.1 Å². The van der Waals surface area contributed by atoms with Crippen molar-refractivity contribution in [3.63, 3.8) is 0 Å². The monoisotopic (exact) mass is 456 g/mol. The number of carbonyl (C=O) groups is 1. The maximum Gasteiger partial charge on any atom is 0.197 e. The molecule has 176 valence electrons. The Morgan fingerprint density at radius 1 is 1.00 bits per heavy atom. The zero-order valence-corrected chi connectivity index (χ0v) is 18.6. The molecule has 0 bridgehead atoms. The summed E-state index contributed by atoms with van der Waals surface area (Å²) < 4.78 is 17.4. The van der Waals surface area contributed by atoms with Gasteiger partial charge in [0.25, 0.3) is 0 Å². The number of fused-ring (bicyclic) bond motifs is 4. The minimum atomic E-state index is -1.30. The first-order valence-electron chi connectivity index (χ1n) is 10.9. The molecule has 0 amide bonds. The van der Waals surface area contributed by atoms with E-state index in [4.69, 9.17) is 24.1 Å². The van der Waals surface area contributed by atoms with Crippen molar-refractivity contribution in [1.82, 2.24) is 0 Å². The van der Waals surface area contributed by atoms with E-state index in [0.717, 1.165) is 5.56 Å². The summed E-state index contributed by atoms with van der Waals surface area (Å²) in [5.41, 5.74) is 1.71. The van der Waals surface area contributed by atoms with Gasteiger partial charge in [0, 0.05) is 35.5 Å². The van der Waals surface area contributed by atoms with Gasteiger partial charge < -0.3 is 34.3 Å². The van der Waals surface area contributed by atoms with E-state index in [1.54, 1.807) is 30.3 Å². The van der Waals surface area contributed by atoms with Crippen molar-refractivity contribution in [2.75, 3.05) is 26.4 Å². The molecule has 1 aromatic heterocycles. The summed E-state index contributed by atoms with van der Waals surface area (Å²) in [6.45, 7) is 3.58. The Hall–Kier alpha value is -2.91. The van der Waals surface area contributed by atoms with Crippen LogP contribution in [0.4, 0.5) is 0 Å². The predicted octanol–water partition coefficient (Wildman–Crippen LogP) is 2.16. The van der Waals surface area contributed by atoms with Gasteiger partial charge in [-0.25, -0.2) is 0 Å². The van der Waals surface area contributed by atoms with Crippen LogP contribution in [0.2, 0.25) is 0 Å². The maximum absolute atomic E-state index is 13.4. The molecule has 0 spiro atoms. The second-order valence-corrected chi connectivity index (χ2v) is 8.68. The summed E-state index contributed by atoms with van der Waals surface area (Å²) >= 11 is 0. The number of ether oxygens (including phenoxy) is 2. The second kappa shape index (κ2) is 9.15. The lowest BCUT2D eigenvalue weighted by Crippen LogP contribution is -2.34. The molecule has 33 heavy (non-hydrogen) atoms. The Bertz CT molecular complexity index is 1160. The van der Waals surface area contributed by atoms with Gasteiger partial charge >= 0.3 is 0 Å². The van der Waals surface area contributed by atoms with Crippen LogP contribution in [-0.2, 0) is 5.41 Å². The van der Waals surface area contributed by atoms with Gasteiger partial charge in [-0.3, -0.25) is 4.79 Å². The number of hydrogen-bond donors (Lipinski definition) is 4. The van der Waals surface area contributed by atoms with Gasteiger partial charge in [-0.15, -0.1) is 0 Å². The van der Waals surface area contributed by atoms with E-state index in [0.29, 0.717) is 52.4 Å². The first-order valence-corrected chi connectivity index (χ1v) is 10.9. The number of benzene rings is 2. The van der Waals surface area contributed by atoms with Gasteiger partial charge in [-0.1, -0.05) is 0 Å². The highest BCUT2D eigenvalue weighted by atomic mass is 16.5. The molecule has 1 unspecified atom stereocenters. The molecule has 0 saturated carbocycles. The van der Waals surface area contributed by atoms with Crippen LogP contribution in [0.3, 0.4) is 0 Å². The van der Waals surface area contributed by atoms with Crippen LogP contribution in [-0.4, -0.2) is 64.8 Å². The van der Waals surface area contributed by atoms with Crippen molar-refractivity contribution in [2.24, 2.45) is 0 Å². The van der Waals surface area contributed by atoms with E-state index in [1.165, 1.54) is 0 Å². The molecule has 2 aromatic carbocycles. The Kier molecular flexibility index (Phi) is 6.45. The summed E-state index contributed by atoms with van der Waals surface area (Å²) in [5, 5.41) is 38.0. The molecule has 8 nitrogen and oxygen atoms in total. The molecule has 1 aliphatic carbocycles. The minimum absolute atomic E-state index is 0.0465. The highest BCUT2D eigenvalue weighted by Crippen LogP contribution is 2.46. The topological polar surface area (TPSA) is 130 Å². The number of carbonyl (C=O) groups excluding carboxylic acids is 1. The number of hydrogen-bond acceptors (Lipinski definition) is 8. The van der Waals surface area contributed by atoms with Crippen LogP contribution in [0.15, 0.2) is 40.8 Å². The van der Waals surface area contributed by atoms with Crippen molar-refractivity contribution >= 4 is 16.8 Å². The van der Waals surface area contributed by atoms with Gasteiger partial charge in [0.2, 0.25) is 0 Å². The van der Waals surface area contributed by atoms with Gasteiger partial charge in [-0.2, -0.15) is 0 Å². The Labute approximate surface area is 191 Å². The third kappa shape index (κ3) is 4.22. The van der Waals surface area contributed by atoms with Crippen molar-refractivity contribution in [1.29, 1.82) is 0 Å². The van der Waals surface area contributed by atoms with E-state index in [-0.39, 0.29) is 19.0 Å². The predicted molar refractivity (Wildman–Crippen MR) is 120 cm³/mol. The molecular weight excluding hydrogens is 428 g/mol. The number of aliphatic hydroxyl groups is 4. The summed E-state index contributed by atoms with van der Waals surface area (Å²) in [4.78, 5) is 13.4. The molecule has 0 saturated heterocycles. The number of ketones is 1. The van der Waals surface area contributed by atoms with Gasteiger partial charge in [-0.05, 0) is 49.7 Å². The summed E-state index contributed by atoms with van der Waals surface area (Å²) in [7, 11) is 0. The summed E-state index contributed by atoms with van der Waals surface area (Å²) in [5.74, 6) is 1.44. The van der Waals surface area contributed by atoms with Gasteiger partial charge in [0.15, 0.2) is 5.78 Å². The number of furan rings is 1. The second-order valence-electron chi connectivity index (χ2n) is 8.68. The fourth-order valence-corrected chi connectivity index (χ4v) is 4.09. The summed E-state index contributed by atoms with van der Waals surface area (Å²) in [6.07, 6.45) is -2.01. The molecule has 1 aliphatic rings. The third-order valence-electron chi connectivity index (χ3n) is 5.99. The maximum atomic E-state index is 13.4. The molecule has 0 aliphatic heterocycles. The Morgan fingerprint density at radius 3 is 2.45 bits per heavy atom. The lowest BCUT2D eigenvalue weighted by molar-refractivity contribution is -0.0339. The number of rotatable bonds is 9.